The minimum absolute atomic E-state index is 0.174. The van der Waals surface area contributed by atoms with Crippen molar-refractivity contribution in [3.63, 3.8) is 0 Å². The van der Waals surface area contributed by atoms with Gasteiger partial charge in [0.2, 0.25) is 5.88 Å². The molecule has 19 heavy (non-hydrogen) atoms. The first-order valence-corrected chi connectivity index (χ1v) is 6.22. The molecule has 0 N–H and O–H groups in total. The minimum atomic E-state index is -0.813. The molecule has 1 aromatic carbocycles. The van der Waals surface area contributed by atoms with E-state index in [1.54, 1.807) is 25.1 Å². The number of carbonyl (C=O) groups excluding carboxylic acids is 1. The predicted octanol–water partition coefficient (Wildman–Crippen LogP) is 3.71. The van der Waals surface area contributed by atoms with Gasteiger partial charge in [-0.3, -0.25) is 0 Å². The number of carbonyl (C=O) groups is 1. The number of benzene rings is 1. The average molecular weight is 301 g/mol. The van der Waals surface area contributed by atoms with Crippen LogP contribution in [0.15, 0.2) is 30.5 Å². The number of ether oxygens (including phenoxy) is 2. The lowest BCUT2D eigenvalue weighted by molar-refractivity contribution is 0.101. The Hall–Kier alpha value is -1.72. The third-order valence-corrected chi connectivity index (χ3v) is 2.82. The third kappa shape index (κ3) is 3.00. The van der Waals surface area contributed by atoms with Crippen LogP contribution in [-0.2, 0) is 4.74 Å². The summed E-state index contributed by atoms with van der Waals surface area (Å²) >= 11 is 12.1. The molecule has 0 amide bonds. The second kappa shape index (κ2) is 5.95. The van der Waals surface area contributed by atoms with Crippen LogP contribution in [0.5, 0.6) is 5.88 Å². The molecule has 0 unspecified atom stereocenters. The number of aromatic nitrogens is 2. The Morgan fingerprint density at radius 3 is 2.63 bits per heavy atom. The number of nitrogens with zero attached hydrogens (tertiary/aromatic N) is 2. The molecule has 0 saturated carbocycles. The number of hydrogen-bond donors (Lipinski definition) is 0. The van der Waals surface area contributed by atoms with Crippen LogP contribution in [0, 0.1) is 0 Å². The molecule has 2 rings (SSSR count). The zero-order chi connectivity index (χ0) is 13.8. The molecule has 100 valence electrons. The Bertz CT molecular complexity index is 578. The zero-order valence-electron chi connectivity index (χ0n) is 9.97. The number of para-hydroxylation sites is 1. The van der Waals surface area contributed by atoms with Crippen LogP contribution in [0.3, 0.4) is 0 Å². The van der Waals surface area contributed by atoms with Gasteiger partial charge in [-0.05, 0) is 19.1 Å². The summed E-state index contributed by atoms with van der Waals surface area (Å²) in [6, 6.07) is 6.55. The van der Waals surface area contributed by atoms with E-state index in [2.05, 4.69) is 5.10 Å². The van der Waals surface area contributed by atoms with Crippen molar-refractivity contribution >= 4 is 29.4 Å². The molecule has 0 aliphatic carbocycles. The second-order valence-electron chi connectivity index (χ2n) is 3.44. The van der Waals surface area contributed by atoms with E-state index < -0.39 is 6.16 Å². The van der Waals surface area contributed by atoms with Crippen LogP contribution >= 0.6 is 23.2 Å². The molecule has 2 aromatic rings. The molecule has 0 bridgehead atoms. The van der Waals surface area contributed by atoms with E-state index in [-0.39, 0.29) is 12.5 Å². The maximum atomic E-state index is 11.3. The van der Waals surface area contributed by atoms with Gasteiger partial charge in [-0.15, -0.1) is 0 Å². The lowest BCUT2D eigenvalue weighted by atomic mass is 10.3. The number of halogens is 2. The molecule has 0 spiro atoms. The fraction of sp³-hybridized carbons (Fsp3) is 0.167. The molecule has 0 radical (unpaired) electrons. The van der Waals surface area contributed by atoms with Gasteiger partial charge in [-0.2, -0.15) is 9.78 Å². The van der Waals surface area contributed by atoms with Gasteiger partial charge in [0, 0.05) is 6.07 Å². The van der Waals surface area contributed by atoms with Gasteiger partial charge in [0.25, 0.3) is 0 Å². The van der Waals surface area contributed by atoms with Crippen molar-refractivity contribution < 1.29 is 14.3 Å². The molecule has 1 heterocycles. The van der Waals surface area contributed by atoms with Crippen molar-refractivity contribution in [3.05, 3.63) is 40.5 Å². The van der Waals surface area contributed by atoms with Crippen molar-refractivity contribution in [1.82, 2.24) is 9.78 Å². The SMILES string of the molecule is CCOC(=O)Oc1ccnn1-c1c(Cl)cccc1Cl. The first-order chi connectivity index (χ1) is 9.13. The maximum absolute atomic E-state index is 11.3. The van der Waals surface area contributed by atoms with Gasteiger partial charge in [0.05, 0.1) is 22.8 Å². The topological polar surface area (TPSA) is 53.4 Å². The van der Waals surface area contributed by atoms with Gasteiger partial charge in [-0.1, -0.05) is 29.3 Å². The van der Waals surface area contributed by atoms with E-state index in [0.717, 1.165) is 0 Å². The van der Waals surface area contributed by atoms with E-state index in [1.165, 1.54) is 16.9 Å². The zero-order valence-corrected chi connectivity index (χ0v) is 11.5. The van der Waals surface area contributed by atoms with E-state index >= 15 is 0 Å². The molecular formula is C12H10Cl2N2O3. The normalized spacial score (nSPS) is 10.3. The standard InChI is InChI=1S/C12H10Cl2N2O3/c1-2-18-12(17)19-10-6-7-15-16(10)11-8(13)4-3-5-9(11)14/h3-7H,2H2,1H3. The summed E-state index contributed by atoms with van der Waals surface area (Å²) in [6.07, 6.45) is 0.654. The molecule has 1 aromatic heterocycles. The molecule has 0 aliphatic rings. The van der Waals surface area contributed by atoms with Crippen LogP contribution in [0.2, 0.25) is 10.0 Å². The summed E-state index contributed by atoms with van der Waals surface area (Å²) in [5.41, 5.74) is 0.440. The van der Waals surface area contributed by atoms with Crippen LogP contribution in [0.4, 0.5) is 4.79 Å². The van der Waals surface area contributed by atoms with Gasteiger partial charge in [-0.25, -0.2) is 4.79 Å². The Morgan fingerprint density at radius 1 is 1.32 bits per heavy atom. The highest BCUT2D eigenvalue weighted by Crippen LogP contribution is 2.30. The van der Waals surface area contributed by atoms with E-state index in [0.29, 0.717) is 15.7 Å². The Labute approximate surface area is 119 Å². The lowest BCUT2D eigenvalue weighted by Gasteiger charge is -2.10. The Kier molecular flexibility index (Phi) is 4.29. The lowest BCUT2D eigenvalue weighted by Crippen LogP contribution is -2.13. The molecular weight excluding hydrogens is 291 g/mol. The Morgan fingerprint density at radius 2 is 2.00 bits per heavy atom. The monoisotopic (exact) mass is 300 g/mol. The fourth-order valence-corrected chi connectivity index (χ4v) is 2.02. The summed E-state index contributed by atoms with van der Waals surface area (Å²) in [5.74, 6) is 0.174. The smallest absolute Gasteiger partial charge is 0.434 e. The highest BCUT2D eigenvalue weighted by atomic mass is 35.5. The van der Waals surface area contributed by atoms with E-state index in [9.17, 15) is 4.79 Å². The van der Waals surface area contributed by atoms with Crippen LogP contribution in [-0.4, -0.2) is 22.5 Å². The van der Waals surface area contributed by atoms with Crippen molar-refractivity contribution in [3.8, 4) is 11.6 Å². The Balaban J connectivity index is 2.37. The van der Waals surface area contributed by atoms with Gasteiger partial charge >= 0.3 is 6.16 Å². The molecule has 5 nitrogen and oxygen atoms in total. The molecule has 0 saturated heterocycles. The van der Waals surface area contributed by atoms with E-state index in [1.807, 2.05) is 0 Å². The summed E-state index contributed by atoms with van der Waals surface area (Å²) in [7, 11) is 0. The van der Waals surface area contributed by atoms with Crippen LogP contribution in [0.1, 0.15) is 6.92 Å². The van der Waals surface area contributed by atoms with E-state index in [4.69, 9.17) is 32.7 Å². The maximum Gasteiger partial charge on any atom is 0.515 e. The first kappa shape index (κ1) is 13.7. The van der Waals surface area contributed by atoms with Crippen molar-refractivity contribution in [2.24, 2.45) is 0 Å². The molecule has 0 aliphatic heterocycles. The average Bonchev–Trinajstić information content (AvgIpc) is 2.77. The predicted molar refractivity (Wildman–Crippen MR) is 71.2 cm³/mol. The van der Waals surface area contributed by atoms with Crippen molar-refractivity contribution in [2.45, 2.75) is 6.92 Å². The van der Waals surface area contributed by atoms with Crippen molar-refractivity contribution in [2.75, 3.05) is 6.61 Å². The summed E-state index contributed by atoms with van der Waals surface area (Å²) in [6.45, 7) is 1.91. The second-order valence-corrected chi connectivity index (χ2v) is 4.25. The number of rotatable bonds is 3. The van der Waals surface area contributed by atoms with Gasteiger partial charge in [0.1, 0.15) is 5.69 Å². The summed E-state index contributed by atoms with van der Waals surface area (Å²) in [5, 5.41) is 4.82. The van der Waals surface area contributed by atoms with Crippen LogP contribution < -0.4 is 4.74 Å². The summed E-state index contributed by atoms with van der Waals surface area (Å²) < 4.78 is 11.0. The minimum Gasteiger partial charge on any atom is -0.434 e. The fourth-order valence-electron chi connectivity index (χ4n) is 1.46. The van der Waals surface area contributed by atoms with Gasteiger partial charge < -0.3 is 9.47 Å². The first-order valence-electron chi connectivity index (χ1n) is 5.46. The highest BCUT2D eigenvalue weighted by Gasteiger charge is 2.16. The largest absolute Gasteiger partial charge is 0.515 e. The molecule has 0 atom stereocenters. The molecule has 7 heteroatoms. The molecule has 0 fully saturated rings. The highest BCUT2D eigenvalue weighted by molar-refractivity contribution is 6.37. The third-order valence-electron chi connectivity index (χ3n) is 2.21. The summed E-state index contributed by atoms with van der Waals surface area (Å²) in [4.78, 5) is 11.3. The van der Waals surface area contributed by atoms with Crippen LogP contribution in [0.25, 0.3) is 5.69 Å². The quantitative estimate of drug-likeness (QED) is 0.811. The number of hydrogen-bond acceptors (Lipinski definition) is 4. The van der Waals surface area contributed by atoms with Gasteiger partial charge in [0.15, 0.2) is 0 Å². The van der Waals surface area contributed by atoms with Crippen molar-refractivity contribution in [1.29, 1.82) is 0 Å².